The van der Waals surface area contributed by atoms with Gasteiger partial charge in [-0.3, -0.25) is 4.79 Å². The number of nitrogens with two attached hydrogens (primary N) is 1. The third-order valence-electron chi connectivity index (χ3n) is 4.07. The van der Waals surface area contributed by atoms with Crippen LogP contribution in [-0.4, -0.2) is 68.0 Å². The van der Waals surface area contributed by atoms with Crippen molar-refractivity contribution >= 4 is 29.2 Å². The summed E-state index contributed by atoms with van der Waals surface area (Å²) in [6.07, 6.45) is 0. The van der Waals surface area contributed by atoms with Crippen LogP contribution in [-0.2, 0) is 4.79 Å². The van der Waals surface area contributed by atoms with Crippen molar-refractivity contribution in [3.63, 3.8) is 0 Å². The third kappa shape index (κ3) is 4.76. The molecule has 0 radical (unpaired) electrons. The Hall–Kier alpha value is -1.95. The predicted octanol–water partition coefficient (Wildman–Crippen LogP) is 1.26. The minimum atomic E-state index is -0.0183. The fourth-order valence-corrected chi connectivity index (χ4v) is 2.52. The average Bonchev–Trinajstić information content (AvgIpc) is 2.59. The van der Waals surface area contributed by atoms with E-state index in [4.69, 9.17) is 17.3 Å². The van der Waals surface area contributed by atoms with Crippen molar-refractivity contribution in [1.29, 1.82) is 0 Å². The van der Waals surface area contributed by atoms with Crippen LogP contribution in [0.15, 0.2) is 29.3 Å². The Labute approximate surface area is 142 Å². The summed E-state index contributed by atoms with van der Waals surface area (Å²) in [5.74, 6) is 0.425. The number of hydrogen-bond donors (Lipinski definition) is 1. The molecule has 2 N–H and O–H groups in total. The highest BCUT2D eigenvalue weighted by molar-refractivity contribution is 6.30. The van der Waals surface area contributed by atoms with E-state index in [0.29, 0.717) is 12.5 Å². The fourth-order valence-electron chi connectivity index (χ4n) is 2.39. The molecule has 7 heteroatoms. The van der Waals surface area contributed by atoms with E-state index < -0.39 is 0 Å². The highest BCUT2D eigenvalue weighted by Gasteiger charge is 2.18. The van der Waals surface area contributed by atoms with Crippen LogP contribution in [0.5, 0.6) is 0 Å². The molecule has 2 rings (SSSR count). The van der Waals surface area contributed by atoms with E-state index in [1.807, 2.05) is 36.1 Å². The maximum Gasteiger partial charge on any atom is 0.244 e. The molecule has 23 heavy (non-hydrogen) atoms. The van der Waals surface area contributed by atoms with Gasteiger partial charge in [-0.15, -0.1) is 0 Å². The predicted molar refractivity (Wildman–Crippen MR) is 95.0 cm³/mol. The Morgan fingerprint density at radius 3 is 2.43 bits per heavy atom. The molecular weight excluding hydrogens is 314 g/mol. The maximum atomic E-state index is 11.8. The van der Waals surface area contributed by atoms with Crippen LogP contribution in [0.1, 0.15) is 6.92 Å². The number of aliphatic imine (C=N–C) groups is 1. The van der Waals surface area contributed by atoms with Crippen molar-refractivity contribution in [3.05, 3.63) is 29.3 Å². The molecule has 6 nitrogen and oxygen atoms in total. The van der Waals surface area contributed by atoms with E-state index in [1.165, 1.54) is 0 Å². The van der Waals surface area contributed by atoms with E-state index >= 15 is 0 Å². The number of nitrogens with zero attached hydrogens (tertiary/aromatic N) is 4. The first kappa shape index (κ1) is 17.4. The highest BCUT2D eigenvalue weighted by atomic mass is 35.5. The van der Waals surface area contributed by atoms with Crippen LogP contribution in [0.25, 0.3) is 0 Å². The maximum absolute atomic E-state index is 11.8. The van der Waals surface area contributed by atoms with Crippen LogP contribution in [0.4, 0.5) is 5.69 Å². The van der Waals surface area contributed by atoms with Crippen LogP contribution in [0.2, 0.25) is 5.02 Å². The number of benzene rings is 1. The zero-order chi connectivity index (χ0) is 16.8. The lowest BCUT2D eigenvalue weighted by Crippen LogP contribution is -2.51. The fraction of sp³-hybridized carbons (Fsp3) is 0.500. The van der Waals surface area contributed by atoms with Crippen molar-refractivity contribution in [1.82, 2.24) is 9.80 Å². The quantitative estimate of drug-likeness (QED) is 0.663. The third-order valence-corrected chi connectivity index (χ3v) is 4.32. The lowest BCUT2D eigenvalue weighted by Gasteiger charge is -2.36. The van der Waals surface area contributed by atoms with E-state index in [0.717, 1.165) is 36.9 Å². The van der Waals surface area contributed by atoms with Crippen LogP contribution in [0.3, 0.4) is 0 Å². The summed E-state index contributed by atoms with van der Waals surface area (Å²) in [6, 6.07) is 7.84. The van der Waals surface area contributed by atoms with Crippen molar-refractivity contribution in [2.45, 2.75) is 6.92 Å². The highest BCUT2D eigenvalue weighted by Crippen LogP contribution is 2.19. The van der Waals surface area contributed by atoms with Gasteiger partial charge in [0.2, 0.25) is 5.91 Å². The summed E-state index contributed by atoms with van der Waals surface area (Å²) in [4.78, 5) is 21.9. The minimum Gasteiger partial charge on any atom is -0.370 e. The Kier molecular flexibility index (Phi) is 6.10. The Balaban J connectivity index is 1.86. The van der Waals surface area contributed by atoms with Crippen LogP contribution >= 0.6 is 11.6 Å². The standard InChI is InChI=1S/C16H24ClN5O/c1-3-20(2)15(23)12-19-16(18)22-10-8-21(9-11-22)14-6-4-13(17)5-7-14/h4-7H,3,8-12H2,1-2H3,(H2,18,19). The molecule has 1 saturated heterocycles. The van der Waals surface area contributed by atoms with E-state index in [1.54, 1.807) is 11.9 Å². The first-order valence-electron chi connectivity index (χ1n) is 7.80. The van der Waals surface area contributed by atoms with Crippen molar-refractivity contribution < 1.29 is 4.79 Å². The number of carbonyl (C=O) groups is 1. The summed E-state index contributed by atoms with van der Waals surface area (Å²) >= 11 is 5.92. The van der Waals surface area contributed by atoms with Gasteiger partial charge in [-0.1, -0.05) is 11.6 Å². The topological polar surface area (TPSA) is 65.2 Å². The Morgan fingerprint density at radius 2 is 1.87 bits per heavy atom. The average molecular weight is 338 g/mol. The van der Waals surface area contributed by atoms with Crippen molar-refractivity contribution in [3.8, 4) is 0 Å². The van der Waals surface area contributed by atoms with Gasteiger partial charge in [-0.05, 0) is 31.2 Å². The first-order valence-corrected chi connectivity index (χ1v) is 8.18. The monoisotopic (exact) mass is 337 g/mol. The van der Waals surface area contributed by atoms with E-state index in [9.17, 15) is 4.79 Å². The zero-order valence-electron chi connectivity index (χ0n) is 13.7. The second kappa shape index (κ2) is 8.06. The molecule has 1 amide bonds. The van der Waals surface area contributed by atoms with E-state index in [-0.39, 0.29) is 12.5 Å². The SMILES string of the molecule is CCN(C)C(=O)CN=C(N)N1CCN(c2ccc(Cl)cc2)CC1. The summed E-state index contributed by atoms with van der Waals surface area (Å²) < 4.78 is 0. The summed E-state index contributed by atoms with van der Waals surface area (Å²) in [7, 11) is 1.76. The van der Waals surface area contributed by atoms with Gasteiger partial charge >= 0.3 is 0 Å². The second-order valence-corrected chi connectivity index (χ2v) is 5.97. The molecule has 0 unspecified atom stereocenters. The Bertz CT molecular complexity index is 552. The molecular formula is C16H24ClN5O. The van der Waals surface area contributed by atoms with Crippen LogP contribution in [0, 0.1) is 0 Å². The molecule has 1 heterocycles. The van der Waals surface area contributed by atoms with Gasteiger partial charge in [0.1, 0.15) is 6.54 Å². The summed E-state index contributed by atoms with van der Waals surface area (Å²) in [5.41, 5.74) is 7.17. The van der Waals surface area contributed by atoms with Crippen LogP contribution < -0.4 is 10.6 Å². The van der Waals surface area contributed by atoms with Crippen molar-refractivity contribution in [2.75, 3.05) is 51.2 Å². The number of anilines is 1. The van der Waals surface area contributed by atoms with Gasteiger partial charge < -0.3 is 20.4 Å². The lowest BCUT2D eigenvalue weighted by molar-refractivity contribution is -0.128. The molecule has 0 aliphatic carbocycles. The lowest BCUT2D eigenvalue weighted by atomic mass is 10.2. The molecule has 0 bridgehead atoms. The summed E-state index contributed by atoms with van der Waals surface area (Å²) in [6.45, 7) is 6.01. The smallest absolute Gasteiger partial charge is 0.244 e. The number of guanidine groups is 1. The van der Waals surface area contributed by atoms with Gasteiger partial charge in [0.15, 0.2) is 5.96 Å². The normalized spacial score (nSPS) is 15.7. The molecule has 0 spiro atoms. The van der Waals surface area contributed by atoms with Crippen molar-refractivity contribution in [2.24, 2.45) is 10.7 Å². The first-order chi connectivity index (χ1) is 11.0. The molecule has 1 fully saturated rings. The van der Waals surface area contributed by atoms with Gasteiger partial charge in [-0.25, -0.2) is 4.99 Å². The summed E-state index contributed by atoms with van der Waals surface area (Å²) in [5, 5.41) is 0.741. The molecule has 0 atom stereocenters. The minimum absolute atomic E-state index is 0.0183. The second-order valence-electron chi connectivity index (χ2n) is 5.53. The van der Waals surface area contributed by atoms with E-state index in [2.05, 4.69) is 9.89 Å². The molecule has 0 aromatic heterocycles. The molecule has 1 aromatic rings. The number of carbonyl (C=O) groups excluding carboxylic acids is 1. The number of amides is 1. The number of piperazine rings is 1. The van der Waals surface area contributed by atoms with Gasteiger partial charge in [0.05, 0.1) is 0 Å². The largest absolute Gasteiger partial charge is 0.370 e. The van der Waals surface area contributed by atoms with Gasteiger partial charge in [-0.2, -0.15) is 0 Å². The zero-order valence-corrected chi connectivity index (χ0v) is 14.5. The molecule has 1 aliphatic heterocycles. The number of likely N-dealkylation sites (N-methyl/N-ethyl adjacent to an activating group) is 1. The molecule has 0 saturated carbocycles. The Morgan fingerprint density at radius 1 is 1.26 bits per heavy atom. The van der Waals surface area contributed by atoms with Gasteiger partial charge in [0, 0.05) is 50.5 Å². The number of halogens is 1. The van der Waals surface area contributed by atoms with Gasteiger partial charge in [0.25, 0.3) is 0 Å². The number of hydrogen-bond acceptors (Lipinski definition) is 3. The number of rotatable bonds is 4. The molecule has 1 aromatic carbocycles. The molecule has 1 aliphatic rings. The molecule has 126 valence electrons.